The van der Waals surface area contributed by atoms with Gasteiger partial charge in [-0.05, 0) is 30.7 Å². The molecule has 142 valence electrons. The van der Waals surface area contributed by atoms with Crippen LogP contribution in [0.15, 0.2) is 59.8 Å². The molecule has 0 saturated carbocycles. The summed E-state index contributed by atoms with van der Waals surface area (Å²) >= 11 is 0. The number of amides is 1. The van der Waals surface area contributed by atoms with Gasteiger partial charge in [0.15, 0.2) is 0 Å². The number of ether oxygens (including phenoxy) is 2. The zero-order valence-electron chi connectivity index (χ0n) is 15.7. The van der Waals surface area contributed by atoms with Crippen molar-refractivity contribution in [3.63, 3.8) is 0 Å². The van der Waals surface area contributed by atoms with Gasteiger partial charge in [-0.1, -0.05) is 30.3 Å². The summed E-state index contributed by atoms with van der Waals surface area (Å²) in [5, 5.41) is 11.7. The van der Waals surface area contributed by atoms with Gasteiger partial charge in [0.25, 0.3) is 0 Å². The van der Waals surface area contributed by atoms with E-state index in [2.05, 4.69) is 11.4 Å². The van der Waals surface area contributed by atoms with Gasteiger partial charge < -0.3 is 14.8 Å². The van der Waals surface area contributed by atoms with E-state index in [1.54, 1.807) is 44.4 Å². The van der Waals surface area contributed by atoms with Gasteiger partial charge in [-0.3, -0.25) is 4.79 Å². The Labute approximate surface area is 163 Å². The van der Waals surface area contributed by atoms with E-state index in [-0.39, 0.29) is 18.9 Å². The molecular formula is C22H20N2O4. The van der Waals surface area contributed by atoms with Crippen LogP contribution in [-0.4, -0.2) is 19.0 Å². The van der Waals surface area contributed by atoms with Gasteiger partial charge in [0.05, 0.1) is 24.3 Å². The lowest BCUT2D eigenvalue weighted by molar-refractivity contribution is -0.141. The molecule has 0 spiro atoms. The van der Waals surface area contributed by atoms with E-state index in [0.717, 1.165) is 11.1 Å². The maximum atomic E-state index is 12.9. The molecule has 0 radical (unpaired) electrons. The number of benzene rings is 2. The molecule has 0 aromatic heterocycles. The van der Waals surface area contributed by atoms with Gasteiger partial charge in [-0.25, -0.2) is 4.79 Å². The molecule has 1 heterocycles. The minimum absolute atomic E-state index is 0.0632. The van der Waals surface area contributed by atoms with Crippen LogP contribution >= 0.6 is 0 Å². The Morgan fingerprint density at radius 2 is 1.93 bits per heavy atom. The Morgan fingerprint density at radius 1 is 1.21 bits per heavy atom. The van der Waals surface area contributed by atoms with Crippen molar-refractivity contribution in [2.45, 2.75) is 25.9 Å². The Bertz CT molecular complexity index is 971. The number of hydrogen-bond acceptors (Lipinski definition) is 5. The van der Waals surface area contributed by atoms with E-state index >= 15 is 0 Å². The maximum Gasteiger partial charge on any atom is 0.336 e. The molecule has 2 aromatic carbocycles. The van der Waals surface area contributed by atoms with Gasteiger partial charge in [0.1, 0.15) is 12.4 Å². The highest BCUT2D eigenvalue weighted by atomic mass is 16.5. The van der Waals surface area contributed by atoms with Gasteiger partial charge >= 0.3 is 5.97 Å². The molecular weight excluding hydrogens is 356 g/mol. The average Bonchev–Trinajstić information content (AvgIpc) is 2.71. The third-order valence-electron chi connectivity index (χ3n) is 4.68. The topological polar surface area (TPSA) is 88.4 Å². The highest BCUT2D eigenvalue weighted by Crippen LogP contribution is 2.34. The summed E-state index contributed by atoms with van der Waals surface area (Å²) in [7, 11) is 1.56. The monoisotopic (exact) mass is 376 g/mol. The smallest absolute Gasteiger partial charge is 0.336 e. The van der Waals surface area contributed by atoms with Gasteiger partial charge in [-0.15, -0.1) is 0 Å². The summed E-state index contributed by atoms with van der Waals surface area (Å²) in [6, 6.07) is 16.3. The normalized spacial score (nSPS) is 16.2. The third-order valence-corrected chi connectivity index (χ3v) is 4.68. The second kappa shape index (κ2) is 8.40. The van der Waals surface area contributed by atoms with Crippen LogP contribution in [0.25, 0.3) is 0 Å². The van der Waals surface area contributed by atoms with Crippen LogP contribution in [0.3, 0.4) is 0 Å². The molecule has 2 aromatic rings. The first-order valence-corrected chi connectivity index (χ1v) is 8.83. The summed E-state index contributed by atoms with van der Waals surface area (Å²) < 4.78 is 10.8. The zero-order chi connectivity index (χ0) is 20.1. The van der Waals surface area contributed by atoms with Crippen LogP contribution in [-0.2, 0) is 20.9 Å². The predicted molar refractivity (Wildman–Crippen MR) is 102 cm³/mol. The van der Waals surface area contributed by atoms with Crippen molar-refractivity contribution < 1.29 is 19.1 Å². The SMILES string of the molecule is COc1ccccc1COC(=O)C1=C(C)NC(=O)CC1c1ccc(C#N)cc1. The molecule has 3 rings (SSSR count). The standard InChI is InChI=1S/C22H20N2O4/c1-14-21(22(26)28-13-17-5-3-4-6-19(17)27-2)18(11-20(25)24-14)16-9-7-15(12-23)8-10-16/h3-10,18H,11,13H2,1-2H3,(H,24,25). The largest absolute Gasteiger partial charge is 0.496 e. The number of para-hydroxylation sites is 1. The summed E-state index contributed by atoms with van der Waals surface area (Å²) in [6.07, 6.45) is 0.141. The van der Waals surface area contributed by atoms with E-state index < -0.39 is 11.9 Å². The van der Waals surface area contributed by atoms with Crippen molar-refractivity contribution in [2.75, 3.05) is 7.11 Å². The van der Waals surface area contributed by atoms with Gasteiger partial charge in [-0.2, -0.15) is 5.26 Å². The second-order valence-electron chi connectivity index (χ2n) is 6.47. The number of nitrogens with zero attached hydrogens (tertiary/aromatic N) is 1. The summed E-state index contributed by atoms with van der Waals surface area (Å²) in [4.78, 5) is 24.9. The average molecular weight is 376 g/mol. The van der Waals surface area contributed by atoms with Crippen molar-refractivity contribution in [2.24, 2.45) is 0 Å². The van der Waals surface area contributed by atoms with Crippen LogP contribution in [0.1, 0.15) is 36.0 Å². The number of hydrogen-bond donors (Lipinski definition) is 1. The van der Waals surface area contributed by atoms with Crippen LogP contribution in [0.2, 0.25) is 0 Å². The number of esters is 1. The number of carbonyl (C=O) groups excluding carboxylic acids is 2. The van der Waals surface area contributed by atoms with Crippen LogP contribution in [0, 0.1) is 11.3 Å². The molecule has 1 aliphatic heterocycles. The molecule has 6 nitrogen and oxygen atoms in total. The molecule has 0 aliphatic carbocycles. The fourth-order valence-corrected chi connectivity index (χ4v) is 3.29. The minimum atomic E-state index is -0.488. The van der Waals surface area contributed by atoms with E-state index in [9.17, 15) is 9.59 Å². The first-order chi connectivity index (χ1) is 13.5. The Morgan fingerprint density at radius 3 is 2.61 bits per heavy atom. The van der Waals surface area contributed by atoms with Crippen molar-refractivity contribution in [1.82, 2.24) is 5.32 Å². The minimum Gasteiger partial charge on any atom is -0.496 e. The Hall–Kier alpha value is -3.59. The number of carbonyl (C=O) groups is 2. The molecule has 28 heavy (non-hydrogen) atoms. The van der Waals surface area contributed by atoms with E-state index in [0.29, 0.717) is 22.6 Å². The summed E-state index contributed by atoms with van der Waals surface area (Å²) in [5.41, 5.74) is 2.96. The molecule has 0 fully saturated rings. The third kappa shape index (κ3) is 4.04. The van der Waals surface area contributed by atoms with Gasteiger partial charge in [0.2, 0.25) is 5.91 Å². The second-order valence-corrected chi connectivity index (χ2v) is 6.47. The Balaban J connectivity index is 1.85. The highest BCUT2D eigenvalue weighted by molar-refractivity contribution is 5.95. The molecule has 1 atom stereocenters. The fraction of sp³-hybridized carbons (Fsp3) is 0.227. The van der Waals surface area contributed by atoms with E-state index in [1.807, 2.05) is 18.2 Å². The van der Waals surface area contributed by atoms with Gasteiger partial charge in [0, 0.05) is 23.6 Å². The maximum absolute atomic E-state index is 12.9. The quantitative estimate of drug-likeness (QED) is 0.810. The zero-order valence-corrected chi connectivity index (χ0v) is 15.7. The van der Waals surface area contributed by atoms with Crippen LogP contribution in [0.4, 0.5) is 0 Å². The number of allylic oxidation sites excluding steroid dienone is 1. The Kier molecular flexibility index (Phi) is 5.75. The number of nitriles is 1. The number of methoxy groups -OCH3 is 1. The van der Waals surface area contributed by atoms with Crippen molar-refractivity contribution in [3.05, 3.63) is 76.5 Å². The van der Waals surface area contributed by atoms with Crippen LogP contribution < -0.4 is 10.1 Å². The van der Waals surface area contributed by atoms with Crippen molar-refractivity contribution in [3.8, 4) is 11.8 Å². The first-order valence-electron chi connectivity index (χ1n) is 8.83. The van der Waals surface area contributed by atoms with E-state index in [1.165, 1.54) is 0 Å². The molecule has 0 bridgehead atoms. The molecule has 6 heteroatoms. The molecule has 1 N–H and O–H groups in total. The first kappa shape index (κ1) is 19.2. The van der Waals surface area contributed by atoms with Crippen molar-refractivity contribution in [1.29, 1.82) is 5.26 Å². The number of rotatable bonds is 5. The fourth-order valence-electron chi connectivity index (χ4n) is 3.29. The molecule has 0 saturated heterocycles. The number of nitrogens with one attached hydrogen (secondary N) is 1. The van der Waals surface area contributed by atoms with Crippen LogP contribution in [0.5, 0.6) is 5.75 Å². The van der Waals surface area contributed by atoms with Crippen molar-refractivity contribution >= 4 is 11.9 Å². The lowest BCUT2D eigenvalue weighted by atomic mass is 9.84. The summed E-state index contributed by atoms with van der Waals surface area (Å²) in [6.45, 7) is 1.75. The highest BCUT2D eigenvalue weighted by Gasteiger charge is 2.32. The lowest BCUT2D eigenvalue weighted by Gasteiger charge is -2.26. The lowest BCUT2D eigenvalue weighted by Crippen LogP contribution is -2.34. The van der Waals surface area contributed by atoms with E-state index in [4.69, 9.17) is 14.7 Å². The molecule has 1 aliphatic rings. The predicted octanol–water partition coefficient (Wildman–Crippen LogP) is 3.19. The molecule has 1 unspecified atom stereocenters. The molecule has 1 amide bonds. The summed E-state index contributed by atoms with van der Waals surface area (Å²) in [5.74, 6) is -0.431.